The number of rotatable bonds is 5. The maximum absolute atomic E-state index is 12.3. The molecule has 21 heavy (non-hydrogen) atoms. The van der Waals surface area contributed by atoms with Crippen molar-refractivity contribution < 1.29 is 13.2 Å². The number of anilines is 2. The quantitative estimate of drug-likeness (QED) is 0.832. The average Bonchev–Trinajstić information content (AvgIpc) is 2.49. The second-order valence-corrected chi connectivity index (χ2v) is 6.24. The second kappa shape index (κ2) is 6.05. The molecule has 0 heterocycles. The Morgan fingerprint density at radius 3 is 2.38 bits per heavy atom. The largest absolute Gasteiger partial charge is 0.497 e. The molecule has 112 valence electrons. The summed E-state index contributed by atoms with van der Waals surface area (Å²) in [6.45, 7) is 2.01. The van der Waals surface area contributed by atoms with Crippen molar-refractivity contribution in [3.05, 3.63) is 48.0 Å². The first-order valence-corrected chi connectivity index (χ1v) is 8.00. The summed E-state index contributed by atoms with van der Waals surface area (Å²) in [5, 5.41) is 0. The Morgan fingerprint density at radius 2 is 1.81 bits per heavy atom. The van der Waals surface area contributed by atoms with Crippen molar-refractivity contribution in [2.75, 3.05) is 17.6 Å². The van der Waals surface area contributed by atoms with Gasteiger partial charge in [-0.2, -0.15) is 0 Å². The summed E-state index contributed by atoms with van der Waals surface area (Å²) in [4.78, 5) is 0.196. The van der Waals surface area contributed by atoms with E-state index < -0.39 is 10.0 Å². The minimum absolute atomic E-state index is 0.196. The third-order valence-corrected chi connectivity index (χ3v) is 4.53. The smallest absolute Gasteiger partial charge is 0.261 e. The zero-order chi connectivity index (χ0) is 15.5. The van der Waals surface area contributed by atoms with E-state index in [9.17, 15) is 8.42 Å². The average molecular weight is 306 g/mol. The van der Waals surface area contributed by atoms with Crippen molar-refractivity contribution in [1.82, 2.24) is 0 Å². The van der Waals surface area contributed by atoms with Crippen molar-refractivity contribution in [3.8, 4) is 5.75 Å². The van der Waals surface area contributed by atoms with Crippen LogP contribution in [-0.2, 0) is 16.4 Å². The fourth-order valence-corrected chi connectivity index (χ4v) is 2.94. The van der Waals surface area contributed by atoms with Crippen LogP contribution >= 0.6 is 0 Å². The standard InChI is InChI=1S/C15H18N2O3S/c1-3-11-4-7-13(8-5-11)21(18,19)17-15-10-12(20-2)6-9-14(15)16/h4-10,17H,3,16H2,1-2H3. The van der Waals surface area contributed by atoms with Gasteiger partial charge in [-0.05, 0) is 36.2 Å². The molecule has 0 bridgehead atoms. The number of hydrogen-bond donors (Lipinski definition) is 2. The molecule has 3 N–H and O–H groups in total. The number of methoxy groups -OCH3 is 1. The Labute approximate surface area is 124 Å². The van der Waals surface area contributed by atoms with Crippen molar-refractivity contribution in [2.24, 2.45) is 0 Å². The van der Waals surface area contributed by atoms with Gasteiger partial charge in [0.15, 0.2) is 0 Å². The molecule has 5 nitrogen and oxygen atoms in total. The topological polar surface area (TPSA) is 81.4 Å². The molecule has 0 radical (unpaired) electrons. The lowest BCUT2D eigenvalue weighted by molar-refractivity contribution is 0.415. The molecule has 2 rings (SSSR count). The highest BCUT2D eigenvalue weighted by molar-refractivity contribution is 7.92. The van der Waals surface area contributed by atoms with Crippen LogP contribution < -0.4 is 15.2 Å². The summed E-state index contributed by atoms with van der Waals surface area (Å²) in [7, 11) is -2.16. The Morgan fingerprint density at radius 1 is 1.14 bits per heavy atom. The molecule has 0 fully saturated rings. The van der Waals surface area contributed by atoms with E-state index in [0.717, 1.165) is 12.0 Å². The van der Waals surface area contributed by atoms with E-state index in [-0.39, 0.29) is 4.90 Å². The monoisotopic (exact) mass is 306 g/mol. The highest BCUT2D eigenvalue weighted by atomic mass is 32.2. The van der Waals surface area contributed by atoms with Gasteiger partial charge in [-0.1, -0.05) is 19.1 Å². The molecule has 0 spiro atoms. The minimum Gasteiger partial charge on any atom is -0.497 e. The van der Waals surface area contributed by atoms with Gasteiger partial charge in [-0.25, -0.2) is 8.42 Å². The molecule has 0 saturated heterocycles. The third-order valence-electron chi connectivity index (χ3n) is 3.15. The number of aryl methyl sites for hydroxylation is 1. The molecule has 2 aromatic rings. The van der Waals surface area contributed by atoms with E-state index in [0.29, 0.717) is 17.1 Å². The first-order valence-electron chi connectivity index (χ1n) is 6.51. The van der Waals surface area contributed by atoms with E-state index in [1.54, 1.807) is 42.5 Å². The molecular weight excluding hydrogens is 288 g/mol. The van der Waals surface area contributed by atoms with E-state index in [1.807, 2.05) is 6.92 Å². The van der Waals surface area contributed by atoms with Crippen LogP contribution in [0.4, 0.5) is 11.4 Å². The molecule has 0 amide bonds. The summed E-state index contributed by atoms with van der Waals surface area (Å²) in [5.74, 6) is 0.531. The van der Waals surface area contributed by atoms with Crippen LogP contribution in [-0.4, -0.2) is 15.5 Å². The summed E-state index contributed by atoms with van der Waals surface area (Å²) in [6, 6.07) is 11.6. The number of nitrogens with one attached hydrogen (secondary N) is 1. The zero-order valence-electron chi connectivity index (χ0n) is 12.0. The van der Waals surface area contributed by atoms with Gasteiger partial charge in [-0.3, -0.25) is 4.72 Å². The minimum atomic E-state index is -3.67. The van der Waals surface area contributed by atoms with Crippen LogP contribution in [0.25, 0.3) is 0 Å². The summed E-state index contributed by atoms with van der Waals surface area (Å²) < 4.78 is 32.2. The highest BCUT2D eigenvalue weighted by Gasteiger charge is 2.15. The molecule has 0 atom stereocenters. The number of nitrogen functional groups attached to an aromatic ring is 1. The third kappa shape index (κ3) is 3.46. The maximum atomic E-state index is 12.3. The second-order valence-electron chi connectivity index (χ2n) is 4.56. The van der Waals surface area contributed by atoms with E-state index in [4.69, 9.17) is 10.5 Å². The Bertz CT molecular complexity index is 725. The molecule has 0 aliphatic rings. The number of sulfonamides is 1. The van der Waals surface area contributed by atoms with Gasteiger partial charge in [0.2, 0.25) is 0 Å². The highest BCUT2D eigenvalue weighted by Crippen LogP contribution is 2.27. The fourth-order valence-electron chi connectivity index (χ4n) is 1.86. The maximum Gasteiger partial charge on any atom is 0.261 e. The predicted molar refractivity (Wildman–Crippen MR) is 84.0 cm³/mol. The molecule has 0 aliphatic carbocycles. The zero-order valence-corrected chi connectivity index (χ0v) is 12.8. The molecule has 0 aromatic heterocycles. The van der Waals surface area contributed by atoms with Gasteiger partial charge < -0.3 is 10.5 Å². The Hall–Kier alpha value is -2.21. The Kier molecular flexibility index (Phi) is 4.37. The molecule has 0 saturated carbocycles. The van der Waals surface area contributed by atoms with Gasteiger partial charge in [0.25, 0.3) is 10.0 Å². The SMILES string of the molecule is CCc1ccc(S(=O)(=O)Nc2cc(OC)ccc2N)cc1. The van der Waals surface area contributed by atoms with Crippen LogP contribution in [0.3, 0.4) is 0 Å². The predicted octanol–water partition coefficient (Wildman–Crippen LogP) is 2.64. The first-order chi connectivity index (χ1) is 9.96. The lowest BCUT2D eigenvalue weighted by Gasteiger charge is -2.12. The van der Waals surface area contributed by atoms with E-state index >= 15 is 0 Å². The lowest BCUT2D eigenvalue weighted by atomic mass is 10.2. The van der Waals surface area contributed by atoms with Gasteiger partial charge in [0, 0.05) is 6.07 Å². The van der Waals surface area contributed by atoms with E-state index in [2.05, 4.69) is 4.72 Å². The van der Waals surface area contributed by atoms with E-state index in [1.165, 1.54) is 7.11 Å². The van der Waals surface area contributed by atoms with Gasteiger partial charge in [-0.15, -0.1) is 0 Å². The van der Waals surface area contributed by atoms with Gasteiger partial charge in [0.1, 0.15) is 5.75 Å². The van der Waals surface area contributed by atoms with Crippen molar-refractivity contribution in [3.63, 3.8) is 0 Å². The van der Waals surface area contributed by atoms with Gasteiger partial charge in [0.05, 0.1) is 23.4 Å². The summed E-state index contributed by atoms with van der Waals surface area (Å²) >= 11 is 0. The summed E-state index contributed by atoms with van der Waals surface area (Å²) in [5.41, 5.74) is 7.51. The molecule has 6 heteroatoms. The van der Waals surface area contributed by atoms with Crippen LogP contribution in [0.1, 0.15) is 12.5 Å². The van der Waals surface area contributed by atoms with Crippen LogP contribution in [0, 0.1) is 0 Å². The van der Waals surface area contributed by atoms with Crippen LogP contribution in [0.15, 0.2) is 47.4 Å². The molecule has 2 aromatic carbocycles. The fraction of sp³-hybridized carbons (Fsp3) is 0.200. The van der Waals surface area contributed by atoms with Gasteiger partial charge >= 0.3 is 0 Å². The lowest BCUT2D eigenvalue weighted by Crippen LogP contribution is -2.14. The van der Waals surface area contributed by atoms with Crippen molar-refractivity contribution in [1.29, 1.82) is 0 Å². The Balaban J connectivity index is 2.32. The van der Waals surface area contributed by atoms with Crippen molar-refractivity contribution in [2.45, 2.75) is 18.2 Å². The number of nitrogens with two attached hydrogens (primary N) is 1. The molecule has 0 aliphatic heterocycles. The summed E-state index contributed by atoms with van der Waals surface area (Å²) in [6.07, 6.45) is 0.858. The molecule has 0 unspecified atom stereocenters. The van der Waals surface area contributed by atoms with Crippen LogP contribution in [0.2, 0.25) is 0 Å². The number of hydrogen-bond acceptors (Lipinski definition) is 4. The molecular formula is C15H18N2O3S. The number of benzene rings is 2. The first kappa shape index (κ1) is 15.2. The van der Waals surface area contributed by atoms with Crippen molar-refractivity contribution >= 4 is 21.4 Å². The normalized spacial score (nSPS) is 11.1. The van der Waals surface area contributed by atoms with Crippen LogP contribution in [0.5, 0.6) is 5.75 Å². The number of ether oxygens (including phenoxy) is 1.